The Labute approximate surface area is 112 Å². The number of fused-ring (bicyclic) bond motifs is 1. The lowest BCUT2D eigenvalue weighted by molar-refractivity contribution is 0.0685. The topological polar surface area (TPSA) is 42.2 Å². The lowest BCUT2D eigenvalue weighted by atomic mass is 10.1. The zero-order chi connectivity index (χ0) is 13.4. The van der Waals surface area contributed by atoms with Crippen LogP contribution in [-0.2, 0) is 19.4 Å². The molecule has 0 atom stereocenters. The van der Waals surface area contributed by atoms with Crippen LogP contribution in [0.2, 0.25) is 0 Å². The molecule has 3 heteroatoms. The normalized spacial score (nSPS) is 13.5. The van der Waals surface area contributed by atoms with Crippen LogP contribution in [0.1, 0.15) is 39.2 Å². The van der Waals surface area contributed by atoms with Gasteiger partial charge in [0.25, 0.3) is 0 Å². The number of aryl methyl sites for hydroxylation is 3. The molecule has 0 saturated heterocycles. The summed E-state index contributed by atoms with van der Waals surface area (Å²) in [6.07, 6.45) is 5.42. The van der Waals surface area contributed by atoms with Crippen molar-refractivity contribution in [2.24, 2.45) is 0 Å². The van der Waals surface area contributed by atoms with Crippen molar-refractivity contribution in [3.63, 3.8) is 0 Å². The first kappa shape index (κ1) is 12.0. The smallest absolute Gasteiger partial charge is 0.352 e. The highest BCUT2D eigenvalue weighted by atomic mass is 16.4. The van der Waals surface area contributed by atoms with E-state index in [2.05, 4.69) is 18.2 Å². The number of benzene rings is 1. The Kier molecular flexibility index (Phi) is 2.90. The lowest BCUT2D eigenvalue weighted by Gasteiger charge is -2.09. The molecular formula is C16H17NO2. The first-order valence-corrected chi connectivity index (χ1v) is 6.65. The number of hydrogen-bond acceptors (Lipinski definition) is 1. The van der Waals surface area contributed by atoms with Crippen LogP contribution in [0.15, 0.2) is 30.5 Å². The Balaban J connectivity index is 1.91. The number of carbonyl (C=O) groups is 1. The summed E-state index contributed by atoms with van der Waals surface area (Å²) in [7, 11) is 0. The molecule has 1 aliphatic rings. The van der Waals surface area contributed by atoms with Crippen LogP contribution in [0.25, 0.3) is 0 Å². The molecule has 1 aliphatic carbocycles. The summed E-state index contributed by atoms with van der Waals surface area (Å²) in [6.45, 7) is 2.46. The molecule has 1 N–H and O–H groups in total. The number of aromatic carboxylic acids is 1. The molecular weight excluding hydrogens is 238 g/mol. The zero-order valence-electron chi connectivity index (χ0n) is 11.0. The molecule has 0 aliphatic heterocycles. The fourth-order valence-corrected chi connectivity index (χ4v) is 2.93. The Morgan fingerprint density at radius 3 is 2.84 bits per heavy atom. The van der Waals surface area contributed by atoms with Gasteiger partial charge >= 0.3 is 5.97 Å². The molecule has 0 fully saturated rings. The Morgan fingerprint density at radius 1 is 1.26 bits per heavy atom. The van der Waals surface area contributed by atoms with Gasteiger partial charge in [-0.05, 0) is 54.5 Å². The van der Waals surface area contributed by atoms with E-state index in [-0.39, 0.29) is 0 Å². The van der Waals surface area contributed by atoms with Crippen molar-refractivity contribution in [3.8, 4) is 0 Å². The van der Waals surface area contributed by atoms with Crippen molar-refractivity contribution in [1.82, 2.24) is 4.57 Å². The highest BCUT2D eigenvalue weighted by molar-refractivity contribution is 5.87. The van der Waals surface area contributed by atoms with Gasteiger partial charge in [-0.25, -0.2) is 4.79 Å². The van der Waals surface area contributed by atoms with Gasteiger partial charge in [0.1, 0.15) is 5.69 Å². The number of rotatable bonds is 3. The summed E-state index contributed by atoms with van der Waals surface area (Å²) in [6, 6.07) is 8.39. The molecule has 0 radical (unpaired) electrons. The van der Waals surface area contributed by atoms with E-state index in [1.54, 1.807) is 0 Å². The van der Waals surface area contributed by atoms with Gasteiger partial charge in [0.2, 0.25) is 0 Å². The van der Waals surface area contributed by atoms with E-state index in [9.17, 15) is 9.90 Å². The van der Waals surface area contributed by atoms with Crippen molar-refractivity contribution in [2.75, 3.05) is 0 Å². The molecule has 2 aromatic rings. The van der Waals surface area contributed by atoms with Crippen molar-refractivity contribution in [3.05, 3.63) is 58.4 Å². The van der Waals surface area contributed by atoms with Crippen LogP contribution >= 0.6 is 0 Å². The van der Waals surface area contributed by atoms with E-state index in [4.69, 9.17) is 0 Å². The van der Waals surface area contributed by atoms with Gasteiger partial charge in [0.15, 0.2) is 0 Å². The first-order chi connectivity index (χ1) is 9.15. The van der Waals surface area contributed by atoms with Gasteiger partial charge in [-0.15, -0.1) is 0 Å². The van der Waals surface area contributed by atoms with E-state index < -0.39 is 5.97 Å². The van der Waals surface area contributed by atoms with Gasteiger partial charge in [-0.1, -0.05) is 18.2 Å². The van der Waals surface area contributed by atoms with E-state index >= 15 is 0 Å². The van der Waals surface area contributed by atoms with Crippen LogP contribution in [0.4, 0.5) is 0 Å². The Morgan fingerprint density at radius 2 is 2.05 bits per heavy atom. The number of nitrogens with zero attached hydrogens (tertiary/aromatic N) is 1. The molecule has 0 bridgehead atoms. The molecule has 1 aromatic heterocycles. The maximum atomic E-state index is 11.3. The van der Waals surface area contributed by atoms with Crippen LogP contribution in [0.5, 0.6) is 0 Å². The van der Waals surface area contributed by atoms with E-state index in [1.807, 2.05) is 23.8 Å². The van der Waals surface area contributed by atoms with Crippen molar-refractivity contribution >= 4 is 5.97 Å². The maximum absolute atomic E-state index is 11.3. The fourth-order valence-electron chi connectivity index (χ4n) is 2.93. The average Bonchev–Trinajstić information content (AvgIpc) is 2.95. The largest absolute Gasteiger partial charge is 0.477 e. The lowest BCUT2D eigenvalue weighted by Crippen LogP contribution is -2.10. The average molecular weight is 255 g/mol. The molecule has 0 unspecified atom stereocenters. The summed E-state index contributed by atoms with van der Waals surface area (Å²) in [5.41, 5.74) is 5.26. The van der Waals surface area contributed by atoms with Gasteiger partial charge in [-0.2, -0.15) is 0 Å². The minimum absolute atomic E-state index is 0.389. The minimum Gasteiger partial charge on any atom is -0.477 e. The predicted molar refractivity (Wildman–Crippen MR) is 73.7 cm³/mol. The number of carboxylic acid groups (broad SMARTS) is 1. The standard InChI is InChI=1S/C16H17NO2/c1-11-7-8-17(15(11)16(18)19)10-12-5-6-13-3-2-4-14(13)9-12/h5-9H,2-4,10H2,1H3,(H,18,19). The van der Waals surface area contributed by atoms with Crippen LogP contribution in [-0.4, -0.2) is 15.6 Å². The highest BCUT2D eigenvalue weighted by Gasteiger charge is 2.15. The zero-order valence-corrected chi connectivity index (χ0v) is 11.0. The van der Waals surface area contributed by atoms with E-state index in [0.29, 0.717) is 12.2 Å². The Hall–Kier alpha value is -2.03. The molecule has 0 saturated carbocycles. The number of hydrogen-bond donors (Lipinski definition) is 1. The summed E-state index contributed by atoms with van der Waals surface area (Å²) in [5.74, 6) is -0.858. The summed E-state index contributed by atoms with van der Waals surface area (Å²) in [5, 5.41) is 9.25. The molecule has 3 rings (SSSR count). The third kappa shape index (κ3) is 2.16. The first-order valence-electron chi connectivity index (χ1n) is 6.65. The second-order valence-corrected chi connectivity index (χ2v) is 5.24. The molecule has 98 valence electrons. The van der Waals surface area contributed by atoms with E-state index in [1.165, 1.54) is 29.5 Å². The van der Waals surface area contributed by atoms with Crippen LogP contribution in [0, 0.1) is 6.92 Å². The minimum atomic E-state index is -0.858. The monoisotopic (exact) mass is 255 g/mol. The summed E-state index contributed by atoms with van der Waals surface area (Å²) >= 11 is 0. The van der Waals surface area contributed by atoms with E-state index in [0.717, 1.165) is 12.0 Å². The number of aromatic nitrogens is 1. The van der Waals surface area contributed by atoms with Gasteiger partial charge in [-0.3, -0.25) is 0 Å². The van der Waals surface area contributed by atoms with Gasteiger partial charge < -0.3 is 9.67 Å². The third-order valence-electron chi connectivity index (χ3n) is 3.88. The second kappa shape index (κ2) is 4.57. The van der Waals surface area contributed by atoms with Crippen LogP contribution < -0.4 is 0 Å². The molecule has 19 heavy (non-hydrogen) atoms. The Bertz CT molecular complexity index is 640. The summed E-state index contributed by atoms with van der Waals surface area (Å²) in [4.78, 5) is 11.3. The van der Waals surface area contributed by atoms with Crippen molar-refractivity contribution < 1.29 is 9.90 Å². The highest BCUT2D eigenvalue weighted by Crippen LogP contribution is 2.23. The van der Waals surface area contributed by atoms with Crippen molar-refractivity contribution in [1.29, 1.82) is 0 Å². The van der Waals surface area contributed by atoms with Gasteiger partial charge in [0, 0.05) is 12.7 Å². The van der Waals surface area contributed by atoms with Gasteiger partial charge in [0.05, 0.1) is 0 Å². The molecule has 1 aromatic carbocycles. The van der Waals surface area contributed by atoms with Crippen LogP contribution in [0.3, 0.4) is 0 Å². The SMILES string of the molecule is Cc1ccn(Cc2ccc3c(c2)CCC3)c1C(=O)O. The maximum Gasteiger partial charge on any atom is 0.352 e. The molecule has 0 spiro atoms. The predicted octanol–water partition coefficient (Wildman–Crippen LogP) is 3.03. The van der Waals surface area contributed by atoms with Crippen molar-refractivity contribution in [2.45, 2.75) is 32.7 Å². The molecule has 3 nitrogen and oxygen atoms in total. The summed E-state index contributed by atoms with van der Waals surface area (Å²) < 4.78 is 1.81. The number of carboxylic acids is 1. The molecule has 1 heterocycles. The third-order valence-corrected chi connectivity index (χ3v) is 3.88. The second-order valence-electron chi connectivity index (χ2n) is 5.24. The fraction of sp³-hybridized carbons (Fsp3) is 0.312. The quantitative estimate of drug-likeness (QED) is 0.916. The molecule has 0 amide bonds.